The highest BCUT2D eigenvalue weighted by Crippen LogP contribution is 2.39. The second-order valence-electron chi connectivity index (χ2n) is 7.28. The van der Waals surface area contributed by atoms with Crippen LogP contribution in [0, 0.1) is 0 Å². The van der Waals surface area contributed by atoms with Gasteiger partial charge in [0.15, 0.2) is 18.1 Å². The van der Waals surface area contributed by atoms with Crippen LogP contribution in [-0.2, 0) is 4.79 Å². The number of hydrogen-bond donors (Lipinski definition) is 1. The van der Waals surface area contributed by atoms with Crippen molar-refractivity contribution in [1.82, 2.24) is 0 Å². The van der Waals surface area contributed by atoms with Gasteiger partial charge in [-0.05, 0) is 36.4 Å². The Kier molecular flexibility index (Phi) is 6.55. The summed E-state index contributed by atoms with van der Waals surface area (Å²) in [5.74, 6) is -0.187. The molecule has 3 aromatic carbocycles. The van der Waals surface area contributed by atoms with E-state index in [1.54, 1.807) is 11.0 Å². The van der Waals surface area contributed by atoms with E-state index in [1.807, 2.05) is 72.8 Å². The van der Waals surface area contributed by atoms with Crippen LogP contribution in [0.3, 0.4) is 0 Å². The SMILES string of the molecule is O=C(O)COc1cccc2c1OCCN2CCN(C(=O)c1ccccc1)c1ccccc1. The molecule has 3 aromatic rings. The summed E-state index contributed by atoms with van der Waals surface area (Å²) in [5.41, 5.74) is 2.27. The molecule has 1 amide bonds. The van der Waals surface area contributed by atoms with E-state index in [-0.39, 0.29) is 5.91 Å². The number of nitrogens with zero attached hydrogens (tertiary/aromatic N) is 2. The van der Waals surface area contributed by atoms with Gasteiger partial charge >= 0.3 is 5.97 Å². The third-order valence-corrected chi connectivity index (χ3v) is 5.18. The predicted octanol–water partition coefficient (Wildman–Crippen LogP) is 3.70. The van der Waals surface area contributed by atoms with Gasteiger partial charge in [-0.2, -0.15) is 0 Å². The second kappa shape index (κ2) is 9.87. The van der Waals surface area contributed by atoms with Crippen LogP contribution in [0.2, 0.25) is 0 Å². The fourth-order valence-corrected chi connectivity index (χ4v) is 3.68. The van der Waals surface area contributed by atoms with E-state index >= 15 is 0 Å². The van der Waals surface area contributed by atoms with Gasteiger partial charge in [-0.3, -0.25) is 4.79 Å². The summed E-state index contributed by atoms with van der Waals surface area (Å²) in [6, 6.07) is 24.2. The zero-order valence-corrected chi connectivity index (χ0v) is 17.5. The number of carbonyl (C=O) groups excluding carboxylic acids is 1. The van der Waals surface area contributed by atoms with E-state index in [1.165, 1.54) is 0 Å². The topological polar surface area (TPSA) is 79.3 Å². The number of para-hydroxylation sites is 2. The summed E-state index contributed by atoms with van der Waals surface area (Å²) in [4.78, 5) is 28.1. The van der Waals surface area contributed by atoms with Crippen LogP contribution in [0.4, 0.5) is 11.4 Å². The number of carboxylic acids is 1. The second-order valence-corrected chi connectivity index (χ2v) is 7.28. The minimum Gasteiger partial charge on any atom is -0.486 e. The van der Waals surface area contributed by atoms with E-state index in [2.05, 4.69) is 4.90 Å². The Balaban J connectivity index is 1.55. The van der Waals surface area contributed by atoms with Crippen LogP contribution >= 0.6 is 0 Å². The molecule has 0 spiro atoms. The maximum absolute atomic E-state index is 13.3. The molecule has 1 aliphatic heterocycles. The first-order valence-electron chi connectivity index (χ1n) is 10.4. The Bertz CT molecular complexity index is 1070. The van der Waals surface area contributed by atoms with Crippen molar-refractivity contribution >= 4 is 23.3 Å². The van der Waals surface area contributed by atoms with Gasteiger partial charge in [0.05, 0.1) is 12.2 Å². The molecular weight excluding hydrogens is 408 g/mol. The molecule has 4 rings (SSSR count). The van der Waals surface area contributed by atoms with Crippen LogP contribution < -0.4 is 19.3 Å². The van der Waals surface area contributed by atoms with Crippen molar-refractivity contribution in [3.8, 4) is 11.5 Å². The lowest BCUT2D eigenvalue weighted by molar-refractivity contribution is -0.139. The number of hydrogen-bond acceptors (Lipinski definition) is 5. The largest absolute Gasteiger partial charge is 0.486 e. The van der Waals surface area contributed by atoms with Crippen LogP contribution in [-0.4, -0.2) is 49.8 Å². The Morgan fingerprint density at radius 2 is 1.69 bits per heavy atom. The fraction of sp³-hybridized carbons (Fsp3) is 0.200. The van der Waals surface area contributed by atoms with Crippen LogP contribution in [0.15, 0.2) is 78.9 Å². The molecule has 0 radical (unpaired) electrons. The summed E-state index contributed by atoms with van der Waals surface area (Å²) in [7, 11) is 0. The first-order chi connectivity index (χ1) is 15.6. The average Bonchev–Trinajstić information content (AvgIpc) is 2.84. The minimum absolute atomic E-state index is 0.0659. The van der Waals surface area contributed by atoms with Crippen molar-refractivity contribution in [2.75, 3.05) is 42.6 Å². The smallest absolute Gasteiger partial charge is 0.341 e. The molecule has 32 heavy (non-hydrogen) atoms. The fourth-order valence-electron chi connectivity index (χ4n) is 3.68. The molecule has 0 saturated carbocycles. The summed E-state index contributed by atoms with van der Waals surface area (Å²) in [6.07, 6.45) is 0. The molecule has 7 heteroatoms. The van der Waals surface area contributed by atoms with E-state index in [9.17, 15) is 9.59 Å². The molecule has 0 fully saturated rings. The van der Waals surface area contributed by atoms with Gasteiger partial charge in [-0.25, -0.2) is 4.79 Å². The van der Waals surface area contributed by atoms with Gasteiger partial charge in [0, 0.05) is 24.3 Å². The highest BCUT2D eigenvalue weighted by atomic mass is 16.5. The highest BCUT2D eigenvalue weighted by molar-refractivity contribution is 6.06. The summed E-state index contributed by atoms with van der Waals surface area (Å²) in [6.45, 7) is 1.70. The number of benzene rings is 3. The number of carboxylic acid groups (broad SMARTS) is 1. The molecule has 7 nitrogen and oxygen atoms in total. The summed E-state index contributed by atoms with van der Waals surface area (Å²) < 4.78 is 11.2. The molecular formula is C25H24N2O5. The number of fused-ring (bicyclic) bond motifs is 1. The van der Waals surface area contributed by atoms with Crippen molar-refractivity contribution in [3.63, 3.8) is 0 Å². The number of aliphatic carboxylic acids is 1. The third kappa shape index (κ3) is 4.83. The van der Waals surface area contributed by atoms with Gasteiger partial charge in [-0.1, -0.05) is 42.5 Å². The molecule has 0 aliphatic carbocycles. The average molecular weight is 432 g/mol. The maximum atomic E-state index is 13.3. The Hall–Kier alpha value is -4.00. The first kappa shape index (κ1) is 21.2. The Labute approximate surface area is 186 Å². The van der Waals surface area contributed by atoms with Crippen molar-refractivity contribution < 1.29 is 24.2 Å². The van der Waals surface area contributed by atoms with E-state index in [0.717, 1.165) is 11.4 Å². The molecule has 0 atom stereocenters. The van der Waals surface area contributed by atoms with Gasteiger partial charge < -0.3 is 24.4 Å². The molecule has 1 aliphatic rings. The lowest BCUT2D eigenvalue weighted by Gasteiger charge is -2.34. The molecule has 0 saturated heterocycles. The highest BCUT2D eigenvalue weighted by Gasteiger charge is 2.24. The number of carbonyl (C=O) groups is 2. The first-order valence-corrected chi connectivity index (χ1v) is 10.4. The van der Waals surface area contributed by atoms with E-state index in [4.69, 9.17) is 14.6 Å². The van der Waals surface area contributed by atoms with Crippen LogP contribution in [0.1, 0.15) is 10.4 Å². The standard InChI is InChI=1S/C25H24N2O5/c28-23(29)18-32-22-13-7-12-21-24(22)31-17-16-26(21)14-15-27(20-10-5-2-6-11-20)25(30)19-8-3-1-4-9-19/h1-13H,14-18H2,(H,28,29). The van der Waals surface area contributed by atoms with Crippen LogP contribution in [0.25, 0.3) is 0 Å². The lowest BCUT2D eigenvalue weighted by Crippen LogP contribution is -2.41. The zero-order valence-electron chi connectivity index (χ0n) is 17.5. The zero-order chi connectivity index (χ0) is 22.3. The normalized spacial score (nSPS) is 12.4. The monoisotopic (exact) mass is 432 g/mol. The minimum atomic E-state index is -1.05. The van der Waals surface area contributed by atoms with Gasteiger partial charge in [0.25, 0.3) is 5.91 Å². The Morgan fingerprint density at radius 3 is 2.41 bits per heavy atom. The summed E-state index contributed by atoms with van der Waals surface area (Å²) in [5, 5.41) is 8.92. The van der Waals surface area contributed by atoms with Gasteiger partial charge in [0.1, 0.15) is 6.61 Å². The number of rotatable bonds is 8. The summed E-state index contributed by atoms with van der Waals surface area (Å²) >= 11 is 0. The number of amides is 1. The molecule has 0 bridgehead atoms. The Morgan fingerprint density at radius 1 is 0.969 bits per heavy atom. The predicted molar refractivity (Wildman–Crippen MR) is 122 cm³/mol. The lowest BCUT2D eigenvalue weighted by atomic mass is 10.1. The molecule has 0 unspecified atom stereocenters. The van der Waals surface area contributed by atoms with E-state index < -0.39 is 12.6 Å². The van der Waals surface area contributed by atoms with Crippen molar-refractivity contribution in [2.24, 2.45) is 0 Å². The number of anilines is 2. The van der Waals surface area contributed by atoms with Crippen molar-refractivity contribution in [2.45, 2.75) is 0 Å². The molecule has 0 aromatic heterocycles. The van der Waals surface area contributed by atoms with Crippen molar-refractivity contribution in [1.29, 1.82) is 0 Å². The molecule has 1 N–H and O–H groups in total. The van der Waals surface area contributed by atoms with Crippen molar-refractivity contribution in [3.05, 3.63) is 84.4 Å². The maximum Gasteiger partial charge on any atom is 0.341 e. The van der Waals surface area contributed by atoms with Gasteiger partial charge in [0.2, 0.25) is 0 Å². The molecule has 164 valence electrons. The quantitative estimate of drug-likeness (QED) is 0.585. The molecule has 1 heterocycles. The van der Waals surface area contributed by atoms with Gasteiger partial charge in [-0.15, -0.1) is 0 Å². The third-order valence-electron chi connectivity index (χ3n) is 5.18. The van der Waals surface area contributed by atoms with Crippen LogP contribution in [0.5, 0.6) is 11.5 Å². The van der Waals surface area contributed by atoms with E-state index in [0.29, 0.717) is 43.3 Å². The number of ether oxygens (including phenoxy) is 2.